The zero-order chi connectivity index (χ0) is 16.9. The molecular formula is C21H25NO2. The summed E-state index contributed by atoms with van der Waals surface area (Å²) in [6.07, 6.45) is 6.50. The first kappa shape index (κ1) is 15.7. The maximum atomic E-state index is 12.8. The number of ether oxygens (including phenoxy) is 1. The van der Waals surface area contributed by atoms with Gasteiger partial charge in [0.2, 0.25) is 0 Å². The van der Waals surface area contributed by atoms with Crippen molar-refractivity contribution < 1.29 is 9.53 Å². The molecule has 4 aliphatic rings. The molecule has 3 nitrogen and oxygen atoms in total. The molecule has 4 aliphatic carbocycles. The van der Waals surface area contributed by atoms with Crippen LogP contribution in [0, 0.1) is 42.4 Å². The zero-order valence-electron chi connectivity index (χ0n) is 14.6. The molecule has 0 saturated heterocycles. The normalized spacial score (nSPS) is 36.4. The Hall–Kier alpha value is -1.82. The lowest BCUT2D eigenvalue weighted by atomic mass is 9.43. The quantitative estimate of drug-likeness (QED) is 0.783. The van der Waals surface area contributed by atoms with E-state index in [4.69, 9.17) is 10.00 Å². The highest BCUT2D eigenvalue weighted by Gasteiger charge is 2.61. The van der Waals surface area contributed by atoms with E-state index in [1.165, 1.54) is 36.0 Å². The summed E-state index contributed by atoms with van der Waals surface area (Å²) < 4.78 is 5.30. The predicted octanol–water partition coefficient (Wildman–Crippen LogP) is 4.21. The van der Waals surface area contributed by atoms with Crippen molar-refractivity contribution in [3.05, 3.63) is 34.9 Å². The summed E-state index contributed by atoms with van der Waals surface area (Å²) in [5.41, 5.74) is 3.86. The lowest BCUT2D eigenvalue weighted by molar-refractivity contribution is -0.172. The summed E-state index contributed by atoms with van der Waals surface area (Å²) in [6.45, 7) is 4.21. The number of esters is 1. The minimum atomic E-state index is -0.347. The first-order valence-electron chi connectivity index (χ1n) is 9.08. The molecule has 126 valence electrons. The maximum Gasteiger partial charge on any atom is 0.313 e. The topological polar surface area (TPSA) is 50.1 Å². The van der Waals surface area contributed by atoms with Gasteiger partial charge in [-0.2, -0.15) is 5.26 Å². The molecule has 4 saturated carbocycles. The second-order valence-electron chi connectivity index (χ2n) is 8.55. The van der Waals surface area contributed by atoms with Gasteiger partial charge >= 0.3 is 5.97 Å². The second-order valence-corrected chi connectivity index (χ2v) is 8.55. The molecule has 0 spiro atoms. The molecule has 0 radical (unpaired) electrons. The maximum absolute atomic E-state index is 12.8. The molecular weight excluding hydrogens is 298 g/mol. The van der Waals surface area contributed by atoms with E-state index in [9.17, 15) is 4.79 Å². The van der Waals surface area contributed by atoms with Gasteiger partial charge in [-0.25, -0.2) is 0 Å². The van der Waals surface area contributed by atoms with Gasteiger partial charge in [0.1, 0.15) is 6.07 Å². The third kappa shape index (κ3) is 2.27. The molecule has 4 fully saturated rings. The van der Waals surface area contributed by atoms with Crippen LogP contribution < -0.4 is 0 Å². The van der Waals surface area contributed by atoms with E-state index in [2.05, 4.69) is 32.0 Å². The van der Waals surface area contributed by atoms with E-state index < -0.39 is 0 Å². The number of nitriles is 1. The van der Waals surface area contributed by atoms with Gasteiger partial charge in [0, 0.05) is 0 Å². The summed E-state index contributed by atoms with van der Waals surface area (Å²) in [7, 11) is 0. The van der Waals surface area contributed by atoms with Crippen LogP contribution >= 0.6 is 0 Å². The van der Waals surface area contributed by atoms with Crippen LogP contribution in [0.4, 0.5) is 0 Å². The van der Waals surface area contributed by atoms with Gasteiger partial charge in [0.15, 0.2) is 6.61 Å². The smallest absolute Gasteiger partial charge is 0.313 e. The fourth-order valence-corrected chi connectivity index (χ4v) is 6.16. The molecule has 5 rings (SSSR count). The average molecular weight is 323 g/mol. The van der Waals surface area contributed by atoms with Gasteiger partial charge in [-0.05, 0) is 86.3 Å². The van der Waals surface area contributed by atoms with Gasteiger partial charge in [0.25, 0.3) is 0 Å². The van der Waals surface area contributed by atoms with Crippen molar-refractivity contribution in [1.82, 2.24) is 0 Å². The molecule has 4 bridgehead atoms. The predicted molar refractivity (Wildman–Crippen MR) is 91.3 cm³/mol. The number of carbonyl (C=O) groups excluding carboxylic acids is 1. The first-order chi connectivity index (χ1) is 11.5. The summed E-state index contributed by atoms with van der Waals surface area (Å²) >= 11 is 0. The van der Waals surface area contributed by atoms with E-state index in [0.717, 1.165) is 19.3 Å². The third-order valence-corrected chi connectivity index (χ3v) is 6.88. The summed E-state index contributed by atoms with van der Waals surface area (Å²) in [5, 5.41) is 8.75. The highest BCUT2D eigenvalue weighted by molar-refractivity contribution is 5.78. The van der Waals surface area contributed by atoms with E-state index >= 15 is 0 Å². The lowest BCUT2D eigenvalue weighted by Crippen LogP contribution is -2.57. The number of benzene rings is 1. The largest absolute Gasteiger partial charge is 0.450 e. The fraction of sp³-hybridized carbons (Fsp3) is 0.619. The molecule has 4 atom stereocenters. The molecule has 1 aromatic carbocycles. The second kappa shape index (κ2) is 5.34. The Kier molecular flexibility index (Phi) is 3.49. The Labute approximate surface area is 144 Å². The fourth-order valence-electron chi connectivity index (χ4n) is 6.16. The van der Waals surface area contributed by atoms with E-state index in [0.29, 0.717) is 11.8 Å². The molecule has 0 heterocycles. The van der Waals surface area contributed by atoms with Crippen LogP contribution in [0.1, 0.15) is 55.2 Å². The van der Waals surface area contributed by atoms with Crippen molar-refractivity contribution in [2.24, 2.45) is 17.3 Å². The standard InChI is InChI=1S/C21H25NO2/c1-14-3-4-18(7-15(14)2)20-9-16-8-17(10-20)12-21(11-16,13-20)19(23)24-6-5-22/h3-4,7,16-17H,6,8-13H2,1-2H3/t16-,17+,20?,21?. The molecule has 24 heavy (non-hydrogen) atoms. The highest BCUT2D eigenvalue weighted by Crippen LogP contribution is 2.66. The number of hydrogen-bond donors (Lipinski definition) is 0. The van der Waals surface area contributed by atoms with Crippen molar-refractivity contribution in [1.29, 1.82) is 5.26 Å². The summed E-state index contributed by atoms with van der Waals surface area (Å²) in [4.78, 5) is 12.8. The highest BCUT2D eigenvalue weighted by atomic mass is 16.5. The zero-order valence-corrected chi connectivity index (χ0v) is 14.6. The summed E-state index contributed by atoms with van der Waals surface area (Å²) in [5.74, 6) is 1.14. The molecule has 0 amide bonds. The number of rotatable bonds is 3. The van der Waals surface area contributed by atoms with Crippen molar-refractivity contribution in [2.45, 2.75) is 57.8 Å². The summed E-state index contributed by atoms with van der Waals surface area (Å²) in [6, 6.07) is 8.79. The van der Waals surface area contributed by atoms with Gasteiger partial charge in [-0.1, -0.05) is 18.2 Å². The van der Waals surface area contributed by atoms with Crippen molar-refractivity contribution in [3.63, 3.8) is 0 Å². The Bertz CT molecular complexity index is 716. The van der Waals surface area contributed by atoms with Gasteiger partial charge in [-0.15, -0.1) is 0 Å². The van der Waals surface area contributed by atoms with E-state index in [1.807, 2.05) is 6.07 Å². The van der Waals surface area contributed by atoms with Crippen LogP contribution in [0.3, 0.4) is 0 Å². The van der Waals surface area contributed by atoms with E-state index in [1.54, 1.807) is 0 Å². The number of carbonyl (C=O) groups is 1. The Morgan fingerprint density at radius 1 is 1.21 bits per heavy atom. The van der Waals surface area contributed by atoms with Gasteiger partial charge in [0.05, 0.1) is 5.41 Å². The lowest BCUT2D eigenvalue weighted by Gasteiger charge is -2.61. The van der Waals surface area contributed by atoms with Crippen LogP contribution in [-0.4, -0.2) is 12.6 Å². The van der Waals surface area contributed by atoms with Crippen molar-refractivity contribution in [2.75, 3.05) is 6.61 Å². The van der Waals surface area contributed by atoms with Crippen LogP contribution in [0.15, 0.2) is 18.2 Å². The van der Waals surface area contributed by atoms with Gasteiger partial charge in [-0.3, -0.25) is 4.79 Å². The molecule has 1 aromatic rings. The Balaban J connectivity index is 1.71. The molecule has 2 unspecified atom stereocenters. The average Bonchev–Trinajstić information content (AvgIpc) is 2.53. The minimum absolute atomic E-state index is 0.118. The minimum Gasteiger partial charge on any atom is -0.450 e. The van der Waals surface area contributed by atoms with Crippen LogP contribution in [0.25, 0.3) is 0 Å². The Morgan fingerprint density at radius 2 is 1.92 bits per heavy atom. The number of hydrogen-bond acceptors (Lipinski definition) is 3. The van der Waals surface area contributed by atoms with Gasteiger partial charge < -0.3 is 4.74 Å². The van der Waals surface area contributed by atoms with E-state index in [-0.39, 0.29) is 23.4 Å². The van der Waals surface area contributed by atoms with Crippen LogP contribution in [0.5, 0.6) is 0 Å². The number of aryl methyl sites for hydroxylation is 2. The van der Waals surface area contributed by atoms with Crippen molar-refractivity contribution in [3.8, 4) is 6.07 Å². The molecule has 0 aliphatic heterocycles. The number of nitrogens with zero attached hydrogens (tertiary/aromatic N) is 1. The molecule has 3 heteroatoms. The van der Waals surface area contributed by atoms with Crippen LogP contribution in [0.2, 0.25) is 0 Å². The molecule has 0 aromatic heterocycles. The monoisotopic (exact) mass is 323 g/mol. The van der Waals surface area contributed by atoms with Crippen LogP contribution in [-0.2, 0) is 14.9 Å². The molecule has 0 N–H and O–H groups in total. The first-order valence-corrected chi connectivity index (χ1v) is 9.08. The SMILES string of the molecule is Cc1ccc(C23C[C@@H]4C[C@@H](CC(C(=O)OCC#N)(C4)C2)C3)cc1C. The Morgan fingerprint density at radius 3 is 2.54 bits per heavy atom. The van der Waals surface area contributed by atoms with Crippen molar-refractivity contribution >= 4 is 5.97 Å². The third-order valence-electron chi connectivity index (χ3n) is 6.88.